The van der Waals surface area contributed by atoms with Crippen LogP contribution in [0.5, 0.6) is 0 Å². The molecule has 0 aromatic carbocycles. The number of aliphatic imine (C=N–C) groups is 1. The maximum absolute atomic E-state index is 12.6. The lowest BCUT2D eigenvalue weighted by Gasteiger charge is -2.19. The van der Waals surface area contributed by atoms with Gasteiger partial charge in [-0.2, -0.15) is 18.3 Å². The summed E-state index contributed by atoms with van der Waals surface area (Å²) in [6.07, 6.45) is -3.50. The number of likely N-dealkylation sites (tertiary alicyclic amines) is 1. The summed E-state index contributed by atoms with van der Waals surface area (Å²) in [6.45, 7) is 8.25. The number of nitrogens with one attached hydrogen (secondary N) is 2. The van der Waals surface area contributed by atoms with Crippen molar-refractivity contribution in [3.8, 4) is 0 Å². The molecule has 1 aliphatic rings. The van der Waals surface area contributed by atoms with Crippen molar-refractivity contribution in [1.29, 1.82) is 0 Å². The zero-order chi connectivity index (χ0) is 20.7. The normalized spacial score (nSPS) is 18.0. The predicted molar refractivity (Wildman–Crippen MR) is 118 cm³/mol. The lowest BCUT2D eigenvalue weighted by molar-refractivity contribution is -0.143. The van der Waals surface area contributed by atoms with Gasteiger partial charge in [0.05, 0.1) is 31.9 Å². The second kappa shape index (κ2) is 11.9. The Morgan fingerprint density at radius 1 is 1.34 bits per heavy atom. The third-order valence-corrected chi connectivity index (χ3v) is 4.79. The van der Waals surface area contributed by atoms with Gasteiger partial charge < -0.3 is 15.4 Å². The zero-order valence-electron chi connectivity index (χ0n) is 17.5. The van der Waals surface area contributed by atoms with Crippen LogP contribution < -0.4 is 10.6 Å². The Bertz CT molecular complexity index is 665. The average molecular weight is 532 g/mol. The van der Waals surface area contributed by atoms with Crippen molar-refractivity contribution in [3.05, 3.63) is 17.0 Å². The molecule has 2 heterocycles. The smallest absolute Gasteiger partial charge is 0.383 e. The van der Waals surface area contributed by atoms with E-state index in [-0.39, 0.29) is 30.0 Å². The van der Waals surface area contributed by atoms with Gasteiger partial charge in [0.1, 0.15) is 0 Å². The third-order valence-electron chi connectivity index (χ3n) is 4.79. The van der Waals surface area contributed by atoms with Crippen LogP contribution in [-0.2, 0) is 17.8 Å². The van der Waals surface area contributed by atoms with E-state index in [1.807, 2.05) is 25.5 Å². The molecule has 0 radical (unpaired) electrons. The molecule has 0 saturated carbocycles. The van der Waals surface area contributed by atoms with Crippen LogP contribution in [0, 0.1) is 13.8 Å². The van der Waals surface area contributed by atoms with E-state index >= 15 is 0 Å². The number of aromatic nitrogens is 2. The topological polar surface area (TPSA) is 66.7 Å². The summed E-state index contributed by atoms with van der Waals surface area (Å²) >= 11 is 0. The first-order valence-corrected chi connectivity index (χ1v) is 9.59. The lowest BCUT2D eigenvalue weighted by Crippen LogP contribution is -2.45. The van der Waals surface area contributed by atoms with Crippen LogP contribution in [0.25, 0.3) is 0 Å². The van der Waals surface area contributed by atoms with E-state index in [9.17, 15) is 13.2 Å². The fourth-order valence-electron chi connectivity index (χ4n) is 3.38. The molecule has 1 aromatic rings. The number of methoxy groups -OCH3 is 1. The maximum Gasteiger partial charge on any atom is 0.401 e. The van der Waals surface area contributed by atoms with Gasteiger partial charge in [-0.3, -0.25) is 9.58 Å². The average Bonchev–Trinajstić information content (AvgIpc) is 3.14. The minimum absolute atomic E-state index is 0. The molecule has 0 aliphatic carbocycles. The Hall–Kier alpha value is -1.08. The van der Waals surface area contributed by atoms with E-state index in [1.54, 1.807) is 7.11 Å². The standard InChI is InChI=1S/C18H31F3N6O.HI/c1-5-22-17(24-15-6-7-26(11-15)12-18(19,20)21)23-10-16-13(2)25-27(14(16)3)8-9-28-4;/h15H,5-12H2,1-4H3,(H2,22,23,24);1H. The van der Waals surface area contributed by atoms with Crippen molar-refractivity contribution < 1.29 is 17.9 Å². The lowest BCUT2D eigenvalue weighted by atomic mass is 10.2. The van der Waals surface area contributed by atoms with Crippen LogP contribution in [0.4, 0.5) is 13.2 Å². The summed E-state index contributed by atoms with van der Waals surface area (Å²) in [5.74, 6) is 0.616. The predicted octanol–water partition coefficient (Wildman–Crippen LogP) is 2.46. The molecule has 168 valence electrons. The van der Waals surface area contributed by atoms with Gasteiger partial charge in [-0.05, 0) is 27.2 Å². The fourth-order valence-corrected chi connectivity index (χ4v) is 3.38. The summed E-state index contributed by atoms with van der Waals surface area (Å²) < 4.78 is 44.7. The van der Waals surface area contributed by atoms with Gasteiger partial charge in [0, 0.05) is 44.0 Å². The van der Waals surface area contributed by atoms with Crippen LogP contribution >= 0.6 is 24.0 Å². The van der Waals surface area contributed by atoms with E-state index in [4.69, 9.17) is 4.74 Å². The summed E-state index contributed by atoms with van der Waals surface area (Å²) in [5, 5.41) is 11.0. The molecule has 1 aliphatic heterocycles. The Kier molecular flexibility index (Phi) is 10.7. The number of rotatable bonds is 8. The molecule has 2 rings (SSSR count). The Labute approximate surface area is 187 Å². The molecular weight excluding hydrogens is 500 g/mol. The highest BCUT2D eigenvalue weighted by atomic mass is 127. The number of hydrogen-bond donors (Lipinski definition) is 2. The van der Waals surface area contributed by atoms with Gasteiger partial charge in [0.2, 0.25) is 0 Å². The zero-order valence-corrected chi connectivity index (χ0v) is 19.8. The van der Waals surface area contributed by atoms with E-state index in [0.29, 0.717) is 51.7 Å². The molecule has 0 spiro atoms. The second-order valence-corrected chi connectivity index (χ2v) is 7.04. The van der Waals surface area contributed by atoms with Crippen LogP contribution in [0.3, 0.4) is 0 Å². The molecule has 2 N–H and O–H groups in total. The molecule has 1 fully saturated rings. The molecular formula is C18H32F3IN6O. The Morgan fingerprint density at radius 2 is 2.07 bits per heavy atom. The van der Waals surface area contributed by atoms with Crippen molar-refractivity contribution in [2.24, 2.45) is 4.99 Å². The van der Waals surface area contributed by atoms with Crippen LogP contribution in [-0.4, -0.2) is 72.8 Å². The van der Waals surface area contributed by atoms with Gasteiger partial charge in [0.15, 0.2) is 5.96 Å². The first-order valence-electron chi connectivity index (χ1n) is 9.59. The number of halogens is 4. The van der Waals surface area contributed by atoms with Crippen molar-refractivity contribution >= 4 is 29.9 Å². The van der Waals surface area contributed by atoms with E-state index in [1.165, 1.54) is 4.90 Å². The van der Waals surface area contributed by atoms with E-state index in [2.05, 4.69) is 20.7 Å². The molecule has 11 heteroatoms. The van der Waals surface area contributed by atoms with Gasteiger partial charge in [-0.25, -0.2) is 4.99 Å². The largest absolute Gasteiger partial charge is 0.401 e. The van der Waals surface area contributed by atoms with Gasteiger partial charge in [0.25, 0.3) is 0 Å². The molecule has 1 aromatic heterocycles. The molecule has 0 amide bonds. The first kappa shape index (κ1) is 26.0. The molecule has 29 heavy (non-hydrogen) atoms. The number of ether oxygens (including phenoxy) is 1. The van der Waals surface area contributed by atoms with Crippen molar-refractivity contribution in [2.75, 3.05) is 39.9 Å². The number of hydrogen-bond acceptors (Lipinski definition) is 4. The van der Waals surface area contributed by atoms with Gasteiger partial charge >= 0.3 is 6.18 Å². The van der Waals surface area contributed by atoms with Crippen molar-refractivity contribution in [3.63, 3.8) is 0 Å². The number of guanidine groups is 1. The van der Waals surface area contributed by atoms with Crippen LogP contribution in [0.2, 0.25) is 0 Å². The minimum Gasteiger partial charge on any atom is -0.383 e. The fraction of sp³-hybridized carbons (Fsp3) is 0.778. The number of nitrogens with zero attached hydrogens (tertiary/aromatic N) is 4. The molecule has 7 nitrogen and oxygen atoms in total. The van der Waals surface area contributed by atoms with Crippen molar-refractivity contribution in [2.45, 2.75) is 52.5 Å². The molecule has 1 unspecified atom stereocenters. The monoisotopic (exact) mass is 532 g/mol. The molecule has 1 atom stereocenters. The summed E-state index contributed by atoms with van der Waals surface area (Å²) in [7, 11) is 1.66. The third kappa shape index (κ3) is 8.28. The Balaban J connectivity index is 0.00000420. The summed E-state index contributed by atoms with van der Waals surface area (Å²) in [5.41, 5.74) is 3.02. The second-order valence-electron chi connectivity index (χ2n) is 7.04. The molecule has 0 bridgehead atoms. The summed E-state index contributed by atoms with van der Waals surface area (Å²) in [6, 6.07) is -0.0493. The van der Waals surface area contributed by atoms with Crippen LogP contribution in [0.1, 0.15) is 30.3 Å². The maximum atomic E-state index is 12.6. The summed E-state index contributed by atoms with van der Waals surface area (Å²) in [4.78, 5) is 6.06. The minimum atomic E-state index is -4.16. The van der Waals surface area contributed by atoms with Gasteiger partial charge in [-0.1, -0.05) is 0 Å². The number of aryl methyl sites for hydroxylation is 1. The SMILES string of the molecule is CCNC(=NCc1c(C)nn(CCOC)c1C)NC1CCN(CC(F)(F)F)C1.I. The van der Waals surface area contributed by atoms with E-state index in [0.717, 1.165) is 17.0 Å². The highest BCUT2D eigenvalue weighted by molar-refractivity contribution is 14.0. The number of alkyl halides is 3. The van der Waals surface area contributed by atoms with Crippen molar-refractivity contribution in [1.82, 2.24) is 25.3 Å². The van der Waals surface area contributed by atoms with Gasteiger partial charge in [-0.15, -0.1) is 24.0 Å². The quantitative estimate of drug-likeness (QED) is 0.306. The van der Waals surface area contributed by atoms with Crippen LogP contribution in [0.15, 0.2) is 4.99 Å². The first-order chi connectivity index (χ1) is 13.2. The molecule has 1 saturated heterocycles. The highest BCUT2D eigenvalue weighted by Crippen LogP contribution is 2.20. The van der Waals surface area contributed by atoms with E-state index < -0.39 is 12.7 Å². The highest BCUT2D eigenvalue weighted by Gasteiger charge is 2.34. The Morgan fingerprint density at radius 3 is 2.69 bits per heavy atom.